The summed E-state index contributed by atoms with van der Waals surface area (Å²) in [4.78, 5) is 11.0. The number of nitrogens with zero attached hydrogens (tertiary/aromatic N) is 6. The van der Waals surface area contributed by atoms with Crippen molar-refractivity contribution in [2.45, 2.75) is 33.4 Å². The van der Waals surface area contributed by atoms with Gasteiger partial charge in [-0.2, -0.15) is 10.4 Å². The van der Waals surface area contributed by atoms with Crippen molar-refractivity contribution in [3.05, 3.63) is 35.3 Å². The molecule has 6 nitrogen and oxygen atoms in total. The molecule has 2 aliphatic rings. The number of aliphatic imine (C=N–C) groups is 2. The van der Waals surface area contributed by atoms with Crippen molar-refractivity contribution in [3.63, 3.8) is 0 Å². The molecule has 0 amide bonds. The van der Waals surface area contributed by atoms with Crippen LogP contribution >= 0.6 is 11.8 Å². The Kier molecular flexibility index (Phi) is 7.02. The first kappa shape index (κ1) is 19.0. The van der Waals surface area contributed by atoms with Crippen molar-refractivity contribution < 1.29 is 0 Å². The highest BCUT2D eigenvalue weighted by Crippen LogP contribution is 2.29. The fourth-order valence-corrected chi connectivity index (χ4v) is 3.34. The molecule has 0 bridgehead atoms. The van der Waals surface area contributed by atoms with Crippen LogP contribution in [0.3, 0.4) is 0 Å². The molecule has 0 saturated carbocycles. The number of thioether (sulfide) groups is 1. The summed E-state index contributed by atoms with van der Waals surface area (Å²) < 4.78 is 0. The molecule has 7 heteroatoms. The molecule has 1 atom stereocenters. The van der Waals surface area contributed by atoms with Gasteiger partial charge in [-0.1, -0.05) is 6.08 Å². The maximum absolute atomic E-state index is 9.78. The molecular weight excluding hydrogens is 332 g/mol. The number of hydrogen-bond donors (Lipinski definition) is 0. The third-order valence-electron chi connectivity index (χ3n) is 3.90. The molecule has 0 aromatic heterocycles. The minimum Gasteiger partial charge on any atom is -0.352 e. The number of likely N-dealkylation sites (N-methyl/N-ethyl adjacent to an activating group) is 1. The van der Waals surface area contributed by atoms with Crippen LogP contribution < -0.4 is 0 Å². The second-order valence-corrected chi connectivity index (χ2v) is 6.32. The number of rotatable bonds is 5. The quantitative estimate of drug-likeness (QED) is 0.708. The van der Waals surface area contributed by atoms with Crippen LogP contribution in [-0.2, 0) is 0 Å². The highest BCUT2D eigenvalue weighted by molar-refractivity contribution is 8.13. The first-order valence-corrected chi connectivity index (χ1v) is 9.54. The molecule has 25 heavy (non-hydrogen) atoms. The molecule has 0 N–H and O–H groups in total. The molecule has 0 radical (unpaired) electrons. The normalized spacial score (nSPS) is 20.4. The summed E-state index contributed by atoms with van der Waals surface area (Å²) in [6.45, 7) is 7.44. The number of allylic oxidation sites excluding steroid dienone is 2. The predicted molar refractivity (Wildman–Crippen MR) is 107 cm³/mol. The van der Waals surface area contributed by atoms with Crippen LogP contribution in [0.4, 0.5) is 0 Å². The van der Waals surface area contributed by atoms with Crippen molar-refractivity contribution in [3.8, 4) is 6.07 Å². The smallest absolute Gasteiger partial charge is 0.148 e. The minimum atomic E-state index is -0.149. The largest absolute Gasteiger partial charge is 0.352 e. The van der Waals surface area contributed by atoms with E-state index in [1.165, 1.54) is 17.3 Å². The lowest BCUT2D eigenvalue weighted by atomic mass is 10.1. The molecule has 2 rings (SSSR count). The standard InChI is InChI=1S/C18H24N6S/c1-5-21-24-14(3)22-17(25-4)16(12-19)18(24)23(6-2)13-15-8-7-10-20-11-9-15/h5,7,9-11,14H,6,8,13H2,1-4H3/b21-5-. The maximum Gasteiger partial charge on any atom is 0.148 e. The summed E-state index contributed by atoms with van der Waals surface area (Å²) in [7, 11) is 0. The van der Waals surface area contributed by atoms with Gasteiger partial charge in [0.1, 0.15) is 28.7 Å². The average Bonchev–Trinajstić information content (AvgIpc) is 2.89. The van der Waals surface area contributed by atoms with E-state index >= 15 is 0 Å². The average molecular weight is 356 g/mol. The molecule has 0 aromatic rings. The lowest BCUT2D eigenvalue weighted by Crippen LogP contribution is -2.42. The summed E-state index contributed by atoms with van der Waals surface area (Å²) in [6.07, 6.45) is 12.1. The van der Waals surface area contributed by atoms with E-state index in [4.69, 9.17) is 0 Å². The second-order valence-electron chi connectivity index (χ2n) is 5.53. The van der Waals surface area contributed by atoms with E-state index in [1.54, 1.807) is 6.21 Å². The van der Waals surface area contributed by atoms with Crippen molar-refractivity contribution in [2.75, 3.05) is 19.3 Å². The van der Waals surface area contributed by atoms with Gasteiger partial charge in [-0.25, -0.2) is 5.01 Å². The van der Waals surface area contributed by atoms with E-state index in [-0.39, 0.29) is 6.17 Å². The fraction of sp³-hybridized carbons (Fsp3) is 0.444. The predicted octanol–water partition coefficient (Wildman–Crippen LogP) is 3.39. The van der Waals surface area contributed by atoms with Gasteiger partial charge in [-0.05, 0) is 45.1 Å². The van der Waals surface area contributed by atoms with Gasteiger partial charge in [-0.15, -0.1) is 11.8 Å². The van der Waals surface area contributed by atoms with Gasteiger partial charge >= 0.3 is 0 Å². The van der Waals surface area contributed by atoms with Crippen LogP contribution in [0.5, 0.6) is 0 Å². The Morgan fingerprint density at radius 1 is 1.56 bits per heavy atom. The van der Waals surface area contributed by atoms with E-state index in [0.29, 0.717) is 5.57 Å². The molecule has 0 aromatic carbocycles. The van der Waals surface area contributed by atoms with Crippen LogP contribution in [0.15, 0.2) is 50.4 Å². The van der Waals surface area contributed by atoms with Gasteiger partial charge in [0.05, 0.1) is 0 Å². The third-order valence-corrected chi connectivity index (χ3v) is 4.60. The Labute approximate surface area is 154 Å². The van der Waals surface area contributed by atoms with Gasteiger partial charge in [0.15, 0.2) is 0 Å². The molecular formula is C18H24N6S. The molecule has 2 aliphatic heterocycles. The van der Waals surface area contributed by atoms with Crippen LogP contribution in [-0.4, -0.2) is 52.9 Å². The maximum atomic E-state index is 9.78. The van der Waals surface area contributed by atoms with Crippen molar-refractivity contribution in [1.29, 1.82) is 5.26 Å². The van der Waals surface area contributed by atoms with Gasteiger partial charge in [0.25, 0.3) is 0 Å². The van der Waals surface area contributed by atoms with Crippen LogP contribution in [0, 0.1) is 11.3 Å². The lowest BCUT2D eigenvalue weighted by molar-refractivity contribution is 0.187. The van der Waals surface area contributed by atoms with E-state index in [2.05, 4.69) is 33.0 Å². The van der Waals surface area contributed by atoms with Crippen molar-refractivity contribution in [2.24, 2.45) is 15.1 Å². The Morgan fingerprint density at radius 2 is 2.36 bits per heavy atom. The Balaban J connectivity index is 2.46. The third kappa shape index (κ3) is 4.40. The zero-order chi connectivity index (χ0) is 18.2. The minimum absolute atomic E-state index is 0.149. The Bertz CT molecular complexity index is 708. The lowest BCUT2D eigenvalue weighted by Gasteiger charge is -2.38. The number of hydrogen-bond acceptors (Lipinski definition) is 7. The molecule has 0 spiro atoms. The summed E-state index contributed by atoms with van der Waals surface area (Å²) >= 11 is 1.50. The Morgan fingerprint density at radius 3 is 3.00 bits per heavy atom. The van der Waals surface area contributed by atoms with Gasteiger partial charge in [0.2, 0.25) is 0 Å². The first-order valence-electron chi connectivity index (χ1n) is 8.31. The zero-order valence-corrected chi connectivity index (χ0v) is 16.0. The number of hydrazone groups is 1. The molecule has 1 unspecified atom stereocenters. The highest BCUT2D eigenvalue weighted by atomic mass is 32.2. The molecule has 0 fully saturated rings. The second kappa shape index (κ2) is 9.23. The molecule has 0 aliphatic carbocycles. The summed E-state index contributed by atoms with van der Waals surface area (Å²) in [5.41, 5.74) is 1.82. The molecule has 132 valence electrons. The zero-order valence-electron chi connectivity index (χ0n) is 15.2. The molecule has 0 saturated heterocycles. The van der Waals surface area contributed by atoms with E-state index in [9.17, 15) is 5.26 Å². The van der Waals surface area contributed by atoms with Crippen LogP contribution in [0.25, 0.3) is 0 Å². The molecule has 2 heterocycles. The van der Waals surface area contributed by atoms with Crippen molar-refractivity contribution >= 4 is 29.2 Å². The van der Waals surface area contributed by atoms with E-state index in [0.717, 1.165) is 30.4 Å². The summed E-state index contributed by atoms with van der Waals surface area (Å²) in [5, 5.41) is 16.9. The fourth-order valence-electron chi connectivity index (χ4n) is 2.74. The van der Waals surface area contributed by atoms with E-state index < -0.39 is 0 Å². The number of nitriles is 1. The summed E-state index contributed by atoms with van der Waals surface area (Å²) in [5.74, 6) is 0.820. The van der Waals surface area contributed by atoms with Crippen molar-refractivity contribution in [1.82, 2.24) is 9.91 Å². The first-order chi connectivity index (χ1) is 12.2. The summed E-state index contributed by atoms with van der Waals surface area (Å²) in [6, 6.07) is 2.34. The topological polar surface area (TPSA) is 67.3 Å². The highest BCUT2D eigenvalue weighted by Gasteiger charge is 2.31. The SMILES string of the molecule is C/C=N\N1C(N(CC)CC2=CC=NC=CC2)=C(C#N)C(SC)=NC1C. The van der Waals surface area contributed by atoms with E-state index in [1.807, 2.05) is 49.7 Å². The van der Waals surface area contributed by atoms with Gasteiger partial charge in [-0.3, -0.25) is 9.98 Å². The van der Waals surface area contributed by atoms with Crippen LogP contribution in [0.1, 0.15) is 27.2 Å². The van der Waals surface area contributed by atoms with Gasteiger partial charge in [0, 0.05) is 31.7 Å². The monoisotopic (exact) mass is 356 g/mol. The Hall–Kier alpha value is -2.33. The van der Waals surface area contributed by atoms with Gasteiger partial charge < -0.3 is 4.90 Å². The van der Waals surface area contributed by atoms with Crippen LogP contribution in [0.2, 0.25) is 0 Å².